The predicted octanol–water partition coefficient (Wildman–Crippen LogP) is 13.5. The molecule has 69 heavy (non-hydrogen) atoms. The Balaban J connectivity index is 0.000000147. The third-order valence-corrected chi connectivity index (χ3v) is 23.9. The molecule has 4 unspecified atom stereocenters. The van der Waals surface area contributed by atoms with E-state index in [1.54, 1.807) is 19.9 Å². The molecule has 6 nitrogen and oxygen atoms in total. The minimum absolute atomic E-state index is 0.00314. The Bertz CT molecular complexity index is 2950. The number of allylic oxidation sites excluding steroid dienone is 3. The predicted molar refractivity (Wildman–Crippen MR) is 276 cm³/mol. The first-order valence-electron chi connectivity index (χ1n) is 37.3. The molecule has 0 bridgehead atoms. The van der Waals surface area contributed by atoms with Gasteiger partial charge in [0.1, 0.15) is 0 Å². The molecule has 0 heterocycles. The molecule has 9 fully saturated rings. The lowest BCUT2D eigenvalue weighted by Gasteiger charge is -2.59. The van der Waals surface area contributed by atoms with Crippen LogP contribution in [-0.2, 0) is 14.4 Å². The monoisotopic (exact) mass is 969 g/mol. The second-order valence-electron chi connectivity index (χ2n) is 26.2. The van der Waals surface area contributed by atoms with Crippen LogP contribution in [0.25, 0.3) is 0 Å². The van der Waals surface area contributed by atoms with E-state index in [2.05, 4.69) is 13.8 Å². The van der Waals surface area contributed by atoms with Gasteiger partial charge >= 0.3 is 0 Å². The highest BCUT2D eigenvalue weighted by Gasteiger charge is 2.67. The number of carbonyl (C=O) groups excluding carboxylic acids is 3. The molecule has 384 valence electrons. The standard InChI is InChI=1S/3C21H32O2/c3*1-13-11-18-16-6-5-14-12-15(22)7-9-19(14,2)17(16)8-10-20(18,3)21(13,4)23/h3*12-13,16-18,23H,5-11H2,1-4H3/t3*13?,16-,17+,18+,19+,20+,21+/m111/s1/i2D3,5D,12D;2D3,3D3,4D3;2D3,3D3/t5?,13?,16-,17+,18+,19+,20+,21+;2m. The summed E-state index contributed by atoms with van der Waals surface area (Å²) in [6, 6.07) is -0.207. The van der Waals surface area contributed by atoms with Crippen LogP contribution in [-0.4, -0.2) is 49.5 Å². The highest BCUT2D eigenvalue weighted by molar-refractivity contribution is 5.92. The maximum atomic E-state index is 12.2. The first-order chi connectivity index (χ1) is 40.4. The van der Waals surface area contributed by atoms with Crippen LogP contribution in [0.15, 0.2) is 34.9 Å². The van der Waals surface area contributed by atoms with Gasteiger partial charge in [-0.15, -0.1) is 0 Å². The summed E-state index contributed by atoms with van der Waals surface area (Å²) in [4.78, 5) is 36.4. The van der Waals surface area contributed by atoms with Crippen LogP contribution in [0.4, 0.5) is 0 Å². The number of fused-ring (bicyclic) bond motifs is 15. The Kier molecular flexibility index (Phi) is 7.62. The summed E-state index contributed by atoms with van der Waals surface area (Å²) in [7, 11) is 0. The van der Waals surface area contributed by atoms with Gasteiger partial charge in [-0.1, -0.05) is 78.7 Å². The highest BCUT2D eigenvalue weighted by atomic mass is 16.3. The van der Waals surface area contributed by atoms with Gasteiger partial charge < -0.3 is 15.3 Å². The van der Waals surface area contributed by atoms with Gasteiger partial charge in [-0.05, 0) is 258 Å². The van der Waals surface area contributed by atoms with E-state index in [9.17, 15) is 29.7 Å². The summed E-state index contributed by atoms with van der Waals surface area (Å²) in [6.07, 6.45) is 10.2. The minimum atomic E-state index is -2.87. The lowest BCUT2D eigenvalue weighted by molar-refractivity contribution is -0.130. The molecule has 0 aromatic heterocycles. The van der Waals surface area contributed by atoms with Gasteiger partial charge in [0.05, 0.1) is 18.2 Å². The Labute approximate surface area is 446 Å². The van der Waals surface area contributed by atoms with Crippen LogP contribution in [0.5, 0.6) is 0 Å². The van der Waals surface area contributed by atoms with Crippen LogP contribution >= 0.6 is 0 Å². The van der Waals surface area contributed by atoms with Crippen LogP contribution < -0.4 is 0 Å². The SMILES string of the molecule is [2H]C([2H])([2H])[C@]1(O)C(C)C[C@H]2[C@@H]3CCC4=CC(=O)CC[C@]4(C([2H])([2H])[2H])[C@H]3CC[C@@]21C([2H])([2H])[2H].[2H]C([2H])([2H])[C@]12CC[C@H]3[C@@H](CCC4=CC(=O)CC[C@@]43C([2H])([2H])[2H])[C@@H]1CC(C)[C@]2(C)O.[2H]C1=C2C([2H])C[C@H]3[C@@H]4CC(C)[C@](C)(O)[C@@]4(C)CC[C@@H]3[C@@]2(C([2H])([2H])[2H])CCC1=O. The van der Waals surface area contributed by atoms with Crippen LogP contribution in [0.1, 0.15) is 245 Å². The molecule has 3 N–H and O–H groups in total. The lowest BCUT2D eigenvalue weighted by atomic mass is 9.46. The molecule has 0 saturated heterocycles. The molecule has 12 aliphatic rings. The fourth-order valence-corrected chi connectivity index (χ4v) is 19.0. The Hall–Kier alpha value is -1.89. The van der Waals surface area contributed by atoms with Gasteiger partial charge in [-0.2, -0.15) is 0 Å². The summed E-state index contributed by atoms with van der Waals surface area (Å²) in [6.45, 7) is -3.44. The normalized spacial score (nSPS) is 62.3. The Morgan fingerprint density at radius 3 is 1.32 bits per heavy atom. The number of aliphatic hydroxyl groups is 3. The van der Waals surface area contributed by atoms with Crippen molar-refractivity contribution in [2.45, 2.75) is 234 Å². The van der Waals surface area contributed by atoms with Gasteiger partial charge in [0.15, 0.2) is 17.3 Å². The third-order valence-electron chi connectivity index (χ3n) is 23.9. The molecule has 0 aliphatic heterocycles. The maximum absolute atomic E-state index is 12.2. The summed E-state index contributed by atoms with van der Waals surface area (Å²) in [5.74, 6) is -2.84. The fourth-order valence-electron chi connectivity index (χ4n) is 19.0. The largest absolute Gasteiger partial charge is 0.389 e. The van der Waals surface area contributed by atoms with Crippen molar-refractivity contribution in [3.63, 3.8) is 0 Å². The lowest BCUT2D eigenvalue weighted by Crippen LogP contribution is -2.54. The van der Waals surface area contributed by atoms with E-state index < -0.39 is 103 Å². The molecule has 0 radical (unpaired) electrons. The molecular weight excluding hydrogens is 853 g/mol. The molecule has 12 aliphatic carbocycles. The van der Waals surface area contributed by atoms with Crippen LogP contribution in [0.3, 0.4) is 0 Å². The minimum Gasteiger partial charge on any atom is -0.389 e. The number of carbonyl (C=O) groups is 3. The highest BCUT2D eigenvalue weighted by Crippen LogP contribution is 2.72. The molecule has 12 rings (SSSR count). The zero-order valence-corrected chi connectivity index (χ0v) is 42.4. The van der Waals surface area contributed by atoms with Crippen LogP contribution in [0, 0.1) is 104 Å². The second kappa shape index (κ2) is 16.6. The maximum Gasteiger partial charge on any atom is 0.155 e. The Morgan fingerprint density at radius 1 is 0.464 bits per heavy atom. The van der Waals surface area contributed by atoms with Crippen molar-refractivity contribution in [3.05, 3.63) is 34.9 Å². The smallest absolute Gasteiger partial charge is 0.155 e. The molecule has 22 atom stereocenters. The number of ketones is 3. The van der Waals surface area contributed by atoms with E-state index in [1.807, 2.05) is 13.8 Å². The first kappa shape index (κ1) is 31.8. The van der Waals surface area contributed by atoms with E-state index >= 15 is 0 Å². The van der Waals surface area contributed by atoms with E-state index in [1.165, 1.54) is 6.08 Å². The molecule has 0 spiro atoms. The molecule has 0 aromatic carbocycles. The number of hydrogen-bond donors (Lipinski definition) is 3. The summed E-state index contributed by atoms with van der Waals surface area (Å²) < 4.78 is 168. The van der Waals surface area contributed by atoms with Gasteiger partial charge in [-0.25, -0.2) is 0 Å². The van der Waals surface area contributed by atoms with E-state index in [0.29, 0.717) is 69.8 Å². The van der Waals surface area contributed by atoms with E-state index in [4.69, 9.17) is 27.4 Å². The van der Waals surface area contributed by atoms with Crippen molar-refractivity contribution in [3.8, 4) is 0 Å². The van der Waals surface area contributed by atoms with Crippen molar-refractivity contribution in [1.82, 2.24) is 0 Å². The van der Waals surface area contributed by atoms with Crippen LogP contribution in [0.2, 0.25) is 0 Å². The van der Waals surface area contributed by atoms with Gasteiger partial charge in [0, 0.05) is 45.3 Å². The summed E-state index contributed by atoms with van der Waals surface area (Å²) in [5, 5.41) is 34.3. The average molecular weight is 970 g/mol. The van der Waals surface area contributed by atoms with Gasteiger partial charge in [0.25, 0.3) is 0 Å². The molecule has 9 saturated carbocycles. The number of rotatable bonds is 0. The number of hydrogen-bond acceptors (Lipinski definition) is 6. The van der Waals surface area contributed by atoms with Crippen molar-refractivity contribution < 1.29 is 57.1 Å². The fraction of sp³-hybridized carbons (Fsp3) is 0.857. The van der Waals surface area contributed by atoms with Crippen molar-refractivity contribution >= 4 is 17.3 Å². The van der Waals surface area contributed by atoms with E-state index in [-0.39, 0.29) is 145 Å². The van der Waals surface area contributed by atoms with Crippen molar-refractivity contribution in [2.24, 2.45) is 104 Å². The summed E-state index contributed by atoms with van der Waals surface area (Å²) >= 11 is 0. The van der Waals surface area contributed by atoms with Crippen molar-refractivity contribution in [1.29, 1.82) is 0 Å². The van der Waals surface area contributed by atoms with E-state index in [0.717, 1.165) is 18.4 Å². The second-order valence-corrected chi connectivity index (χ2v) is 26.2. The van der Waals surface area contributed by atoms with Gasteiger partial charge in [0.2, 0.25) is 0 Å². The topological polar surface area (TPSA) is 112 Å². The first-order valence-corrected chi connectivity index (χ1v) is 27.3. The van der Waals surface area contributed by atoms with Crippen molar-refractivity contribution in [2.75, 3.05) is 0 Å². The zero-order valence-electron chi connectivity index (χ0n) is 62.4. The summed E-state index contributed by atoms with van der Waals surface area (Å²) in [5.41, 5.74) is -9.51. The molecule has 0 aromatic rings. The molecular formula is C63H96O6. The third kappa shape index (κ3) is 7.07. The Morgan fingerprint density at radius 2 is 0.855 bits per heavy atom. The molecule has 6 heteroatoms. The zero-order chi connectivity index (χ0) is 66.6. The quantitative estimate of drug-likeness (QED) is 0.223. The molecule has 0 amide bonds. The average Bonchev–Trinajstić information content (AvgIpc) is 1.63. The van der Waals surface area contributed by atoms with Gasteiger partial charge in [-0.3, -0.25) is 14.4 Å².